The van der Waals surface area contributed by atoms with E-state index in [0.717, 1.165) is 29.1 Å². The molecule has 0 bridgehead atoms. The first-order valence-electron chi connectivity index (χ1n) is 5.34. The molecule has 0 saturated heterocycles. The van der Waals surface area contributed by atoms with E-state index >= 15 is 0 Å². The van der Waals surface area contributed by atoms with Crippen molar-refractivity contribution in [3.63, 3.8) is 0 Å². The van der Waals surface area contributed by atoms with Crippen molar-refractivity contribution >= 4 is 17.5 Å². The van der Waals surface area contributed by atoms with Crippen LogP contribution in [0.4, 0.5) is 0 Å². The molecule has 0 amide bonds. The van der Waals surface area contributed by atoms with Crippen LogP contribution in [0.5, 0.6) is 11.5 Å². The van der Waals surface area contributed by atoms with E-state index in [0.29, 0.717) is 5.75 Å². The minimum atomic E-state index is 0.0432. The third-order valence-electron chi connectivity index (χ3n) is 2.97. The van der Waals surface area contributed by atoms with Crippen LogP contribution in [0, 0.1) is 0 Å². The number of rotatable bonds is 0. The summed E-state index contributed by atoms with van der Waals surface area (Å²) in [6.07, 6.45) is 0.923. The summed E-state index contributed by atoms with van der Waals surface area (Å²) in [7, 11) is 0. The van der Waals surface area contributed by atoms with Crippen LogP contribution < -0.4 is 9.47 Å². The molecule has 0 unspecified atom stereocenters. The van der Waals surface area contributed by atoms with Gasteiger partial charge >= 0.3 is 0 Å². The maximum atomic E-state index is 12.1. The van der Waals surface area contributed by atoms with Crippen LogP contribution in [-0.2, 0) is 6.42 Å². The molecule has 0 N–H and O–H groups in total. The molecule has 2 heterocycles. The summed E-state index contributed by atoms with van der Waals surface area (Å²) < 4.78 is 10.6. The first kappa shape index (κ1) is 10.0. The van der Waals surface area contributed by atoms with E-state index in [1.165, 1.54) is 0 Å². The van der Waals surface area contributed by atoms with Gasteiger partial charge in [0.1, 0.15) is 0 Å². The van der Waals surface area contributed by atoms with E-state index < -0.39 is 0 Å². The average molecular weight is 236 g/mol. The van der Waals surface area contributed by atoms with E-state index in [1.54, 1.807) is 11.8 Å². The lowest BCUT2D eigenvalue weighted by Gasteiger charge is -2.08. The van der Waals surface area contributed by atoms with Gasteiger partial charge in [-0.2, -0.15) is 11.8 Å². The van der Waals surface area contributed by atoms with Gasteiger partial charge in [-0.25, -0.2) is 0 Å². The smallest absolute Gasteiger partial charge is 0.231 e. The molecule has 16 heavy (non-hydrogen) atoms. The van der Waals surface area contributed by atoms with Crippen LogP contribution in [0.3, 0.4) is 0 Å². The Hall–Kier alpha value is -1.16. The second kappa shape index (κ2) is 3.70. The molecule has 84 valence electrons. The number of Topliss-reactive ketones (excluding diaryl/α,β-unsaturated/α-hetero) is 1. The van der Waals surface area contributed by atoms with E-state index in [-0.39, 0.29) is 17.8 Å². The zero-order valence-electron chi connectivity index (χ0n) is 8.99. The number of fused-ring (bicyclic) bond motifs is 2. The molecule has 2 aliphatic heterocycles. The minimum absolute atomic E-state index is 0.0432. The van der Waals surface area contributed by atoms with E-state index in [9.17, 15) is 4.79 Å². The number of carbonyl (C=O) groups excluding carboxylic acids is 1. The predicted molar refractivity (Wildman–Crippen MR) is 62.5 cm³/mol. The van der Waals surface area contributed by atoms with Crippen molar-refractivity contribution in [3.05, 3.63) is 23.3 Å². The number of carbonyl (C=O) groups is 1. The fraction of sp³-hybridized carbons (Fsp3) is 0.417. The summed E-state index contributed by atoms with van der Waals surface area (Å²) >= 11 is 1.71. The summed E-state index contributed by atoms with van der Waals surface area (Å²) in [6, 6.07) is 3.79. The fourth-order valence-corrected chi connectivity index (χ4v) is 3.03. The minimum Gasteiger partial charge on any atom is -0.454 e. The molecule has 0 radical (unpaired) electrons. The Bertz CT molecular complexity index is 456. The van der Waals surface area contributed by atoms with Crippen molar-refractivity contribution in [2.24, 2.45) is 0 Å². The van der Waals surface area contributed by atoms with Gasteiger partial charge in [-0.05, 0) is 36.8 Å². The van der Waals surface area contributed by atoms with Crippen molar-refractivity contribution in [2.45, 2.75) is 18.6 Å². The molecule has 0 aliphatic carbocycles. The van der Waals surface area contributed by atoms with Crippen LogP contribution >= 0.6 is 11.8 Å². The van der Waals surface area contributed by atoms with Gasteiger partial charge in [0.2, 0.25) is 6.79 Å². The average Bonchev–Trinajstić information content (AvgIpc) is 2.68. The lowest BCUT2D eigenvalue weighted by Crippen LogP contribution is -2.12. The lowest BCUT2D eigenvalue weighted by molar-refractivity contribution is 0.0993. The Kier molecular flexibility index (Phi) is 2.32. The number of ether oxygens (including phenoxy) is 2. The van der Waals surface area contributed by atoms with Crippen LogP contribution in [-0.4, -0.2) is 23.6 Å². The van der Waals surface area contributed by atoms with Crippen molar-refractivity contribution in [1.29, 1.82) is 0 Å². The first-order valence-corrected chi connectivity index (χ1v) is 6.39. The normalized spacial score (nSPS) is 22.8. The van der Waals surface area contributed by atoms with Crippen molar-refractivity contribution in [2.75, 3.05) is 12.5 Å². The van der Waals surface area contributed by atoms with Gasteiger partial charge in [0.15, 0.2) is 17.3 Å². The summed E-state index contributed by atoms with van der Waals surface area (Å²) in [5.74, 6) is 2.66. The molecule has 1 aromatic rings. The van der Waals surface area contributed by atoms with Gasteiger partial charge in [0.25, 0.3) is 0 Å². The predicted octanol–water partition coefficient (Wildman–Crippen LogP) is 2.28. The van der Waals surface area contributed by atoms with Gasteiger partial charge in [-0.15, -0.1) is 0 Å². The van der Waals surface area contributed by atoms with Crippen molar-refractivity contribution in [3.8, 4) is 11.5 Å². The molecule has 0 fully saturated rings. The standard InChI is InChI=1S/C12H12O3S/c1-7-12(13)9-5-11-10(14-6-15-11)4-8(9)2-3-16-7/h4-5,7H,2-3,6H2,1H3/t7-/m0/s1. The maximum Gasteiger partial charge on any atom is 0.231 e. The van der Waals surface area contributed by atoms with Crippen LogP contribution in [0.2, 0.25) is 0 Å². The van der Waals surface area contributed by atoms with Gasteiger partial charge in [-0.1, -0.05) is 0 Å². The highest BCUT2D eigenvalue weighted by Crippen LogP contribution is 2.37. The molecule has 0 aromatic heterocycles. The second-order valence-electron chi connectivity index (χ2n) is 3.99. The summed E-state index contributed by atoms with van der Waals surface area (Å²) in [5, 5.41) is 0.0432. The molecule has 4 heteroatoms. The van der Waals surface area contributed by atoms with E-state index in [2.05, 4.69) is 0 Å². The third-order valence-corrected chi connectivity index (χ3v) is 4.13. The SMILES string of the molecule is C[C@@H]1SCCc2cc3c(cc2C1=O)OCO3. The van der Waals surface area contributed by atoms with Gasteiger partial charge < -0.3 is 9.47 Å². The molecule has 1 aromatic carbocycles. The zero-order valence-corrected chi connectivity index (χ0v) is 9.80. The molecule has 0 saturated carbocycles. The Morgan fingerprint density at radius 2 is 2.06 bits per heavy atom. The summed E-state index contributed by atoms with van der Waals surface area (Å²) in [5.41, 5.74) is 1.90. The number of hydrogen-bond donors (Lipinski definition) is 0. The number of benzene rings is 1. The number of ketones is 1. The largest absolute Gasteiger partial charge is 0.454 e. The Morgan fingerprint density at radius 1 is 1.31 bits per heavy atom. The molecular weight excluding hydrogens is 224 g/mol. The van der Waals surface area contributed by atoms with Crippen LogP contribution in [0.15, 0.2) is 12.1 Å². The molecule has 3 rings (SSSR count). The van der Waals surface area contributed by atoms with Crippen LogP contribution in [0.25, 0.3) is 0 Å². The quantitative estimate of drug-likeness (QED) is 0.692. The highest BCUT2D eigenvalue weighted by Gasteiger charge is 2.26. The number of thioether (sulfide) groups is 1. The molecule has 0 spiro atoms. The highest BCUT2D eigenvalue weighted by atomic mass is 32.2. The lowest BCUT2D eigenvalue weighted by atomic mass is 9.99. The molecular formula is C12H12O3S. The Labute approximate surface area is 98.1 Å². The van der Waals surface area contributed by atoms with Crippen LogP contribution in [0.1, 0.15) is 22.8 Å². The second-order valence-corrected chi connectivity index (χ2v) is 5.44. The zero-order chi connectivity index (χ0) is 11.1. The van der Waals surface area contributed by atoms with Crippen molar-refractivity contribution in [1.82, 2.24) is 0 Å². The summed E-state index contributed by atoms with van der Waals surface area (Å²) in [6.45, 7) is 2.23. The Morgan fingerprint density at radius 3 is 2.88 bits per heavy atom. The fourth-order valence-electron chi connectivity index (χ4n) is 2.06. The third kappa shape index (κ3) is 1.48. The summed E-state index contributed by atoms with van der Waals surface area (Å²) in [4.78, 5) is 12.1. The topological polar surface area (TPSA) is 35.5 Å². The molecule has 2 aliphatic rings. The Balaban J connectivity index is 2.12. The number of aryl methyl sites for hydroxylation is 1. The highest BCUT2D eigenvalue weighted by molar-refractivity contribution is 8.00. The maximum absolute atomic E-state index is 12.1. The van der Waals surface area contributed by atoms with Gasteiger partial charge in [0, 0.05) is 5.56 Å². The monoisotopic (exact) mass is 236 g/mol. The van der Waals surface area contributed by atoms with Crippen molar-refractivity contribution < 1.29 is 14.3 Å². The van der Waals surface area contributed by atoms with Gasteiger partial charge in [0.05, 0.1) is 5.25 Å². The van der Waals surface area contributed by atoms with E-state index in [1.807, 2.05) is 19.1 Å². The molecule has 3 nitrogen and oxygen atoms in total. The van der Waals surface area contributed by atoms with E-state index in [4.69, 9.17) is 9.47 Å². The molecule has 1 atom stereocenters. The first-order chi connectivity index (χ1) is 7.75. The van der Waals surface area contributed by atoms with Gasteiger partial charge in [-0.3, -0.25) is 4.79 Å². The number of hydrogen-bond acceptors (Lipinski definition) is 4.